The minimum absolute atomic E-state index is 0.0177. The van der Waals surface area contributed by atoms with Crippen molar-refractivity contribution >= 4 is 69.4 Å². The summed E-state index contributed by atoms with van der Waals surface area (Å²) >= 11 is 3.03. The minimum atomic E-state index is -2.03. The van der Waals surface area contributed by atoms with E-state index < -0.39 is 56.3 Å². The van der Waals surface area contributed by atoms with Crippen LogP contribution in [0.25, 0.3) is 9.14 Å². The molecule has 0 atom stereocenters. The van der Waals surface area contributed by atoms with E-state index in [1.165, 1.54) is 8.55 Å². The van der Waals surface area contributed by atoms with Crippen LogP contribution < -0.4 is 14.9 Å². The van der Waals surface area contributed by atoms with Gasteiger partial charge in [0.15, 0.2) is 17.4 Å². The fraction of sp³-hybridized carbons (Fsp3) is 0.167. The molecule has 0 radical (unpaired) electrons. The van der Waals surface area contributed by atoms with Gasteiger partial charge < -0.3 is 14.8 Å². The fourth-order valence-corrected chi connectivity index (χ4v) is 6.96. The molecule has 2 aromatic heterocycles. The van der Waals surface area contributed by atoms with Crippen LogP contribution in [0.5, 0.6) is 11.5 Å². The third kappa shape index (κ3) is 8.95. The van der Waals surface area contributed by atoms with Gasteiger partial charge in [0, 0.05) is 5.46 Å². The van der Waals surface area contributed by atoms with Gasteiger partial charge in [-0.1, -0.05) is 6.07 Å². The monoisotopic (exact) mass is 800 g/mol. The molecule has 192 valence electrons. The molecule has 0 aliphatic rings. The molecule has 0 bridgehead atoms. The smallest absolute Gasteiger partial charge is 0.491 e. The quantitative estimate of drug-likeness (QED) is 0.221. The second-order valence-corrected chi connectivity index (χ2v) is 14.6. The van der Waals surface area contributed by atoms with Crippen molar-refractivity contribution in [2.45, 2.75) is 13.8 Å². The number of ether oxygens (including phenoxy) is 2. The Kier molecular flexibility index (Phi) is 13.7. The van der Waals surface area contributed by atoms with Crippen LogP contribution in [0, 0.1) is 23.3 Å². The van der Waals surface area contributed by atoms with Crippen molar-refractivity contribution in [3.8, 4) is 20.6 Å². The number of hydrogen-bond acceptors (Lipinski definition) is 4. The molecule has 2 N–H and O–H groups in total. The van der Waals surface area contributed by atoms with Crippen molar-refractivity contribution in [1.82, 2.24) is 0 Å². The molecule has 0 aliphatic carbocycles. The molecule has 4 aromatic rings. The van der Waals surface area contributed by atoms with E-state index in [9.17, 15) is 17.6 Å². The third-order valence-corrected chi connectivity index (χ3v) is 10.2. The predicted octanol–water partition coefficient (Wildman–Crippen LogP) is 4.64. The van der Waals surface area contributed by atoms with Crippen LogP contribution in [0.3, 0.4) is 0 Å². The van der Waals surface area contributed by atoms with Crippen molar-refractivity contribution < 1.29 is 37.1 Å². The Balaban J connectivity index is 0.000000208. The van der Waals surface area contributed by atoms with Gasteiger partial charge in [-0.05, 0) is 13.0 Å². The van der Waals surface area contributed by atoms with Gasteiger partial charge in [-0.25, -0.2) is 4.39 Å². The Morgan fingerprint density at radius 2 is 1.31 bits per heavy atom. The number of benzene rings is 2. The summed E-state index contributed by atoms with van der Waals surface area (Å²) in [6.07, 6.45) is 0. The summed E-state index contributed by atoms with van der Waals surface area (Å²) in [5.41, 5.74) is -0.140. The Labute approximate surface area is 235 Å². The van der Waals surface area contributed by atoms with Gasteiger partial charge in [0.05, 0.1) is 6.61 Å². The summed E-state index contributed by atoms with van der Waals surface area (Å²) in [4.78, 5) is 0. The topological polar surface area (TPSA) is 58.9 Å². The molecule has 4 rings (SSSR count). The molecule has 36 heavy (non-hydrogen) atoms. The van der Waals surface area contributed by atoms with Crippen molar-refractivity contribution in [3.05, 3.63) is 82.5 Å². The predicted molar refractivity (Wildman–Crippen MR) is 138 cm³/mol. The molecule has 0 saturated heterocycles. The zero-order valence-electron chi connectivity index (χ0n) is 19.2. The number of rotatable bonds is 6. The Bertz CT molecular complexity index is 1210. The summed E-state index contributed by atoms with van der Waals surface area (Å²) in [7, 11) is -2.03. The van der Waals surface area contributed by atoms with Crippen LogP contribution in [0.1, 0.15) is 13.8 Å². The minimum Gasteiger partial charge on any atom is -0.491 e. The molecule has 0 amide bonds. The fourth-order valence-electron chi connectivity index (χ4n) is 2.69. The summed E-state index contributed by atoms with van der Waals surface area (Å²) < 4.78 is 69.8. The van der Waals surface area contributed by atoms with Crippen LogP contribution >= 0.6 is 15.9 Å². The van der Waals surface area contributed by atoms with E-state index in [-0.39, 0.29) is 38.5 Å². The second kappa shape index (κ2) is 15.9. The average Bonchev–Trinajstić information content (AvgIpc) is 3.55. The van der Waals surface area contributed by atoms with E-state index in [0.29, 0.717) is 12.2 Å². The molecular weight excluding hydrogens is 774 g/mol. The SMILES string of the molecule is Brc1ccc[te]1.CCOc1ccc(-c2ccc[te]2)c(F)c1F.CCOc1ccc(B(O)O)c(F)c1F. The third-order valence-electron chi connectivity index (χ3n) is 4.27. The molecule has 2 aromatic carbocycles. The van der Waals surface area contributed by atoms with E-state index in [2.05, 4.69) is 32.1 Å². The van der Waals surface area contributed by atoms with Gasteiger partial charge in [-0.3, -0.25) is 0 Å². The van der Waals surface area contributed by atoms with E-state index in [0.717, 1.165) is 15.7 Å². The van der Waals surface area contributed by atoms with Crippen LogP contribution in [0.2, 0.25) is 0 Å². The molecule has 0 saturated carbocycles. The Hall–Kier alpha value is -1.24. The number of halogens is 5. The molecule has 12 heteroatoms. The molecule has 4 nitrogen and oxygen atoms in total. The first-order chi connectivity index (χ1) is 17.2. The molecule has 0 aliphatic heterocycles. The number of hydrogen-bond donors (Lipinski definition) is 2. The van der Waals surface area contributed by atoms with Crippen LogP contribution in [0.4, 0.5) is 17.6 Å². The van der Waals surface area contributed by atoms with Crippen LogP contribution in [-0.4, -0.2) is 71.2 Å². The molecule has 2 heterocycles. The van der Waals surface area contributed by atoms with Crippen molar-refractivity contribution in [2.24, 2.45) is 0 Å². The van der Waals surface area contributed by atoms with Gasteiger partial charge in [-0.2, -0.15) is 4.39 Å². The van der Waals surface area contributed by atoms with Crippen molar-refractivity contribution in [3.63, 3.8) is 0 Å². The zero-order chi connectivity index (χ0) is 26.7. The molecular formula is C24H22BBrF4O4Te2. The van der Waals surface area contributed by atoms with Gasteiger partial charge in [0.1, 0.15) is 0 Å². The first-order valence-corrected chi connectivity index (χ1v) is 16.3. The van der Waals surface area contributed by atoms with Crippen molar-refractivity contribution in [2.75, 3.05) is 13.2 Å². The van der Waals surface area contributed by atoms with Crippen LogP contribution in [0.15, 0.2) is 59.2 Å². The summed E-state index contributed by atoms with van der Waals surface area (Å²) in [6.45, 7) is 3.90. The maximum atomic E-state index is 13.7. The largest absolute Gasteiger partial charge is 0.491 e. The molecule has 0 fully saturated rings. The maximum absolute atomic E-state index is 13.7. The van der Waals surface area contributed by atoms with Gasteiger partial charge in [-0.15, -0.1) is 0 Å². The van der Waals surface area contributed by atoms with Gasteiger partial charge in [0.2, 0.25) is 0 Å². The maximum Gasteiger partial charge on any atom is 0.491 e. The first-order valence-electron chi connectivity index (χ1n) is 10.5. The van der Waals surface area contributed by atoms with Gasteiger partial charge in [0.25, 0.3) is 0 Å². The van der Waals surface area contributed by atoms with Gasteiger partial charge >= 0.3 is 165 Å². The van der Waals surface area contributed by atoms with E-state index in [1.54, 1.807) is 19.9 Å². The van der Waals surface area contributed by atoms with E-state index in [4.69, 9.17) is 19.5 Å². The average molecular weight is 796 g/mol. The zero-order valence-corrected chi connectivity index (χ0v) is 25.4. The molecule has 0 unspecified atom stereocenters. The van der Waals surface area contributed by atoms with E-state index in [1.807, 2.05) is 16.2 Å². The summed E-state index contributed by atoms with van der Waals surface area (Å²) in [5, 5.41) is 17.3. The Morgan fingerprint density at radius 1 is 0.750 bits per heavy atom. The normalized spacial score (nSPS) is 10.0. The second-order valence-electron chi connectivity index (χ2n) is 6.65. The molecule has 0 spiro atoms. The summed E-state index contributed by atoms with van der Waals surface area (Å²) in [5.74, 6) is -4.46. The first kappa shape index (κ1) is 31.0. The summed E-state index contributed by atoms with van der Waals surface area (Å²) in [6, 6.07) is 13.3. The Morgan fingerprint density at radius 3 is 1.75 bits per heavy atom. The van der Waals surface area contributed by atoms with Crippen LogP contribution in [-0.2, 0) is 0 Å². The van der Waals surface area contributed by atoms with Crippen molar-refractivity contribution in [1.29, 1.82) is 0 Å². The van der Waals surface area contributed by atoms with E-state index >= 15 is 0 Å². The standard InChI is InChI=1S/C12H10F2OTe.C8H9BF2O3.C4H3BrTe/c1-2-15-9-6-5-8(11(13)12(9)14)10-4-3-7-16-10;1-2-14-6-4-3-5(9(12)13)7(10)8(6)11;5-4-2-1-3-6-4/h3-7H,2H2,1H3;3-4,12-13H,2H2,1H3;1-3H.